The predicted molar refractivity (Wildman–Crippen MR) is 150 cm³/mol. The molecule has 3 aromatic heterocycles. The van der Waals surface area contributed by atoms with E-state index >= 15 is 0 Å². The van der Waals surface area contributed by atoms with E-state index in [0.29, 0.717) is 11.3 Å². The molecule has 0 fully saturated rings. The summed E-state index contributed by atoms with van der Waals surface area (Å²) in [6, 6.07) is 22.6. The van der Waals surface area contributed by atoms with Gasteiger partial charge in [-0.15, -0.1) is 0 Å². The van der Waals surface area contributed by atoms with E-state index in [2.05, 4.69) is 31.5 Å². The number of carbonyl (C=O) groups is 1. The smallest absolute Gasteiger partial charge is 0.229 e. The molecule has 7 heteroatoms. The molecule has 188 valence electrons. The zero-order chi connectivity index (χ0) is 26.4. The number of rotatable bonds is 4. The zero-order valence-corrected chi connectivity index (χ0v) is 21.3. The van der Waals surface area contributed by atoms with Crippen LogP contribution in [0.15, 0.2) is 85.2 Å². The number of amides is 1. The van der Waals surface area contributed by atoms with Crippen molar-refractivity contribution < 1.29 is 9.18 Å². The van der Waals surface area contributed by atoms with Crippen molar-refractivity contribution in [3.05, 3.63) is 91.0 Å². The molecule has 0 atom stereocenters. The summed E-state index contributed by atoms with van der Waals surface area (Å²) in [6.45, 7) is 5.62. The molecule has 3 N–H and O–H groups in total. The maximum atomic E-state index is 14.6. The Kier molecular flexibility index (Phi) is 5.56. The lowest BCUT2D eigenvalue weighted by Crippen LogP contribution is -2.27. The molecule has 0 aliphatic carbocycles. The highest BCUT2D eigenvalue weighted by Crippen LogP contribution is 2.36. The largest absolute Gasteiger partial charge is 0.353 e. The number of halogens is 1. The summed E-state index contributed by atoms with van der Waals surface area (Å²) in [5, 5.41) is 12.5. The van der Waals surface area contributed by atoms with Crippen LogP contribution in [-0.4, -0.2) is 26.1 Å². The van der Waals surface area contributed by atoms with Gasteiger partial charge in [0.2, 0.25) is 5.91 Å². The second-order valence-corrected chi connectivity index (χ2v) is 10.4. The Bertz CT molecular complexity index is 1830. The van der Waals surface area contributed by atoms with E-state index in [1.807, 2.05) is 69.3 Å². The van der Waals surface area contributed by atoms with Crippen LogP contribution in [-0.2, 0) is 4.79 Å². The van der Waals surface area contributed by atoms with Crippen LogP contribution in [0.3, 0.4) is 0 Å². The van der Waals surface area contributed by atoms with Gasteiger partial charge in [-0.25, -0.2) is 4.39 Å². The molecule has 0 spiro atoms. The lowest BCUT2D eigenvalue weighted by Gasteiger charge is -2.17. The van der Waals surface area contributed by atoms with E-state index in [-0.39, 0.29) is 11.7 Å². The summed E-state index contributed by atoms with van der Waals surface area (Å²) in [5.41, 5.74) is 6.73. The van der Waals surface area contributed by atoms with Gasteiger partial charge in [-0.1, -0.05) is 57.2 Å². The molecule has 0 aliphatic heterocycles. The number of H-pyrrole nitrogens is 2. The number of nitrogens with one attached hydrogen (secondary N) is 3. The Balaban J connectivity index is 1.41. The van der Waals surface area contributed by atoms with Crippen molar-refractivity contribution in [1.29, 1.82) is 0 Å². The molecule has 38 heavy (non-hydrogen) atoms. The molecule has 0 saturated carbocycles. The normalized spacial score (nSPS) is 11.8. The minimum absolute atomic E-state index is 0.0717. The molecule has 3 heterocycles. The summed E-state index contributed by atoms with van der Waals surface area (Å²) in [5.74, 6) is -0.329. The second-order valence-electron chi connectivity index (χ2n) is 10.4. The fourth-order valence-corrected chi connectivity index (χ4v) is 4.58. The van der Waals surface area contributed by atoms with Gasteiger partial charge in [0.05, 0.1) is 23.1 Å². The third-order valence-corrected chi connectivity index (χ3v) is 6.66. The first kappa shape index (κ1) is 23.6. The average molecular weight is 504 g/mol. The van der Waals surface area contributed by atoms with E-state index < -0.39 is 5.41 Å². The molecule has 0 unspecified atom stereocenters. The second kappa shape index (κ2) is 8.95. The predicted octanol–water partition coefficient (Wildman–Crippen LogP) is 7.56. The Hall–Kier alpha value is -4.78. The number of aromatic amines is 2. The Labute approximate surface area is 218 Å². The van der Waals surface area contributed by atoms with Gasteiger partial charge < -0.3 is 10.3 Å². The van der Waals surface area contributed by atoms with Crippen LogP contribution in [0.4, 0.5) is 10.1 Å². The number of pyridine rings is 1. The van der Waals surface area contributed by atoms with Gasteiger partial charge >= 0.3 is 0 Å². The highest BCUT2D eigenvalue weighted by Gasteiger charge is 2.21. The fraction of sp³-hybridized carbons (Fsp3) is 0.129. The Morgan fingerprint density at radius 1 is 0.842 bits per heavy atom. The molecule has 0 saturated heterocycles. The Morgan fingerprint density at radius 2 is 1.66 bits per heavy atom. The first-order valence-corrected chi connectivity index (χ1v) is 12.4. The number of hydrogen-bond donors (Lipinski definition) is 3. The molecule has 0 aliphatic rings. The van der Waals surface area contributed by atoms with Gasteiger partial charge in [-0.05, 0) is 47.5 Å². The van der Waals surface area contributed by atoms with Crippen LogP contribution >= 0.6 is 0 Å². The van der Waals surface area contributed by atoms with E-state index in [9.17, 15) is 9.18 Å². The van der Waals surface area contributed by atoms with Gasteiger partial charge in [0, 0.05) is 39.0 Å². The standard InChI is InChI=1S/C31H26FN5O/c1-31(2,3)30(38)34-20-13-19(16-33-17-20)18-11-12-27-24(14-18)29(37-36-27)28-15-23-21(8-6-10-26(23)35-28)22-7-4-5-9-25(22)32/h4-17,35H,1-3H3,(H,34,38)(H,36,37). The number of aromatic nitrogens is 4. The quantitative estimate of drug-likeness (QED) is 0.232. The van der Waals surface area contributed by atoms with Crippen LogP contribution in [0.1, 0.15) is 20.8 Å². The van der Waals surface area contributed by atoms with Gasteiger partial charge in [0.15, 0.2) is 0 Å². The third kappa shape index (κ3) is 4.22. The summed E-state index contributed by atoms with van der Waals surface area (Å²) in [6.07, 6.45) is 3.42. The first-order valence-electron chi connectivity index (χ1n) is 12.4. The topological polar surface area (TPSA) is 86.5 Å². The number of benzene rings is 3. The van der Waals surface area contributed by atoms with Gasteiger partial charge in [-0.3, -0.25) is 14.9 Å². The fourth-order valence-electron chi connectivity index (χ4n) is 4.58. The molecule has 6 rings (SSSR count). The van der Waals surface area contributed by atoms with E-state index in [1.54, 1.807) is 24.5 Å². The Morgan fingerprint density at radius 3 is 2.47 bits per heavy atom. The van der Waals surface area contributed by atoms with Crippen molar-refractivity contribution in [1.82, 2.24) is 20.2 Å². The minimum atomic E-state index is -0.508. The van der Waals surface area contributed by atoms with Crippen LogP contribution in [0, 0.1) is 11.2 Å². The number of nitrogens with zero attached hydrogens (tertiary/aromatic N) is 2. The third-order valence-electron chi connectivity index (χ3n) is 6.66. The van der Waals surface area contributed by atoms with Crippen LogP contribution in [0.25, 0.3) is 55.4 Å². The molecule has 0 radical (unpaired) electrons. The van der Waals surface area contributed by atoms with Gasteiger partial charge in [-0.2, -0.15) is 5.10 Å². The van der Waals surface area contributed by atoms with E-state index in [4.69, 9.17) is 0 Å². The van der Waals surface area contributed by atoms with Crippen LogP contribution in [0.5, 0.6) is 0 Å². The molecule has 6 aromatic rings. The molecule has 0 bridgehead atoms. The van der Waals surface area contributed by atoms with Gasteiger partial charge in [0.1, 0.15) is 11.5 Å². The molecular weight excluding hydrogens is 477 g/mol. The van der Waals surface area contributed by atoms with E-state index in [0.717, 1.165) is 49.9 Å². The molecular formula is C31H26FN5O. The maximum Gasteiger partial charge on any atom is 0.229 e. The summed E-state index contributed by atoms with van der Waals surface area (Å²) < 4.78 is 14.6. The number of fused-ring (bicyclic) bond motifs is 2. The lowest BCUT2D eigenvalue weighted by molar-refractivity contribution is -0.123. The SMILES string of the molecule is CC(C)(C)C(=O)Nc1cncc(-c2ccc3[nH]nc(-c4cc5c(-c6ccccc6F)cccc5[nH]4)c3c2)c1. The van der Waals surface area contributed by atoms with Crippen molar-refractivity contribution in [2.75, 3.05) is 5.32 Å². The van der Waals surface area contributed by atoms with Crippen molar-refractivity contribution in [2.24, 2.45) is 5.41 Å². The van der Waals surface area contributed by atoms with Crippen LogP contribution in [0.2, 0.25) is 0 Å². The maximum absolute atomic E-state index is 14.6. The highest BCUT2D eigenvalue weighted by atomic mass is 19.1. The van der Waals surface area contributed by atoms with Crippen LogP contribution < -0.4 is 5.32 Å². The highest BCUT2D eigenvalue weighted by molar-refractivity contribution is 6.02. The molecule has 3 aromatic carbocycles. The van der Waals surface area contributed by atoms with Crippen molar-refractivity contribution in [2.45, 2.75) is 20.8 Å². The lowest BCUT2D eigenvalue weighted by atomic mass is 9.95. The zero-order valence-electron chi connectivity index (χ0n) is 21.3. The summed E-state index contributed by atoms with van der Waals surface area (Å²) in [7, 11) is 0. The van der Waals surface area contributed by atoms with Crippen molar-refractivity contribution in [3.63, 3.8) is 0 Å². The molecule has 6 nitrogen and oxygen atoms in total. The first-order chi connectivity index (χ1) is 18.3. The van der Waals surface area contributed by atoms with Crippen molar-refractivity contribution >= 4 is 33.4 Å². The van der Waals surface area contributed by atoms with Crippen molar-refractivity contribution in [3.8, 4) is 33.6 Å². The van der Waals surface area contributed by atoms with E-state index in [1.165, 1.54) is 6.07 Å². The molecule has 1 amide bonds. The number of carbonyl (C=O) groups excluding carboxylic acids is 1. The van der Waals surface area contributed by atoms with Gasteiger partial charge in [0.25, 0.3) is 0 Å². The number of hydrogen-bond acceptors (Lipinski definition) is 3. The average Bonchev–Trinajstić information content (AvgIpc) is 3.52. The monoisotopic (exact) mass is 503 g/mol. The summed E-state index contributed by atoms with van der Waals surface area (Å²) >= 11 is 0. The summed E-state index contributed by atoms with van der Waals surface area (Å²) in [4.78, 5) is 20.3. The minimum Gasteiger partial charge on any atom is -0.353 e. The number of anilines is 1.